The number of terminal acetylenes is 1. The van der Waals surface area contributed by atoms with Crippen LogP contribution >= 0.6 is 0 Å². The van der Waals surface area contributed by atoms with E-state index in [4.69, 9.17) is 11.2 Å². The molecule has 0 heterocycles. The number of carbonyl (C=O) groups is 1. The molecule has 0 saturated carbocycles. The highest BCUT2D eigenvalue weighted by atomic mass is 16.5. The lowest BCUT2D eigenvalue weighted by atomic mass is 10.0. The van der Waals surface area contributed by atoms with Crippen LogP contribution in [0.4, 0.5) is 0 Å². The number of rotatable bonds is 7. The molecule has 0 aliphatic heterocycles. The van der Waals surface area contributed by atoms with Crippen molar-refractivity contribution in [2.24, 2.45) is 0 Å². The normalized spacial score (nSPS) is 10.2. The second-order valence-electron chi connectivity index (χ2n) is 5.14. The van der Waals surface area contributed by atoms with Gasteiger partial charge in [0, 0.05) is 13.0 Å². The maximum Gasteiger partial charge on any atom is 0.219 e. The number of carbonyl (C=O) groups excluding carboxylic acids is 1. The molecule has 2 aromatic rings. The molecule has 22 heavy (non-hydrogen) atoms. The molecule has 0 aliphatic rings. The number of fused-ring (bicyclic) bond motifs is 1. The first-order valence-electron chi connectivity index (χ1n) is 7.59. The minimum atomic E-state index is 0.112. The van der Waals surface area contributed by atoms with Gasteiger partial charge < -0.3 is 10.1 Å². The fourth-order valence-corrected chi connectivity index (χ4v) is 2.40. The van der Waals surface area contributed by atoms with Crippen LogP contribution in [0.5, 0.6) is 5.75 Å². The van der Waals surface area contributed by atoms with Crippen molar-refractivity contribution in [2.45, 2.75) is 26.2 Å². The summed E-state index contributed by atoms with van der Waals surface area (Å²) in [4.78, 5) is 11.5. The molecule has 0 atom stereocenters. The number of nitrogens with one attached hydrogen (secondary N) is 1. The quantitative estimate of drug-likeness (QED) is 0.796. The van der Waals surface area contributed by atoms with Crippen molar-refractivity contribution in [2.75, 3.05) is 13.2 Å². The molecule has 0 unspecified atom stereocenters. The van der Waals surface area contributed by atoms with Gasteiger partial charge in [-0.25, -0.2) is 0 Å². The summed E-state index contributed by atoms with van der Waals surface area (Å²) in [5.74, 6) is 3.35. The first-order chi connectivity index (χ1) is 10.7. The highest BCUT2D eigenvalue weighted by Gasteiger charge is 2.04. The molecule has 3 heteroatoms. The van der Waals surface area contributed by atoms with E-state index in [9.17, 15) is 4.79 Å². The Balaban J connectivity index is 2.11. The molecule has 0 aliphatic carbocycles. The van der Waals surface area contributed by atoms with Gasteiger partial charge in [-0.15, -0.1) is 6.42 Å². The fraction of sp³-hybridized carbons (Fsp3) is 0.316. The van der Waals surface area contributed by atoms with Crippen LogP contribution in [0.15, 0.2) is 36.4 Å². The summed E-state index contributed by atoms with van der Waals surface area (Å²) in [6.45, 7) is 2.91. The van der Waals surface area contributed by atoms with E-state index in [2.05, 4.69) is 23.4 Å². The minimum Gasteiger partial charge on any atom is -0.481 e. The summed E-state index contributed by atoms with van der Waals surface area (Å²) in [6, 6.07) is 12.1. The van der Waals surface area contributed by atoms with Crippen molar-refractivity contribution in [3.63, 3.8) is 0 Å². The van der Waals surface area contributed by atoms with Crippen molar-refractivity contribution < 1.29 is 9.53 Å². The van der Waals surface area contributed by atoms with Gasteiger partial charge in [-0.05, 0) is 41.3 Å². The third-order valence-electron chi connectivity index (χ3n) is 3.46. The van der Waals surface area contributed by atoms with Crippen molar-refractivity contribution in [3.8, 4) is 18.1 Å². The highest BCUT2D eigenvalue weighted by Crippen LogP contribution is 2.24. The number of benzene rings is 2. The Morgan fingerprint density at radius 1 is 1.32 bits per heavy atom. The second-order valence-corrected chi connectivity index (χ2v) is 5.14. The molecule has 0 aromatic heterocycles. The molecule has 2 rings (SSSR count). The van der Waals surface area contributed by atoms with Gasteiger partial charge in [0.15, 0.2) is 0 Å². The molecule has 1 amide bonds. The van der Waals surface area contributed by atoms with Gasteiger partial charge in [-0.1, -0.05) is 37.1 Å². The van der Waals surface area contributed by atoms with Crippen molar-refractivity contribution >= 4 is 16.7 Å². The van der Waals surface area contributed by atoms with Crippen molar-refractivity contribution in [1.29, 1.82) is 0 Å². The lowest BCUT2D eigenvalue weighted by molar-refractivity contribution is -0.121. The summed E-state index contributed by atoms with van der Waals surface area (Å²) in [6.07, 6.45) is 7.47. The lowest BCUT2D eigenvalue weighted by Gasteiger charge is -2.10. The Labute approximate surface area is 131 Å². The second kappa shape index (κ2) is 8.09. The Bertz CT molecular complexity index is 685. The van der Waals surface area contributed by atoms with E-state index in [0.29, 0.717) is 13.0 Å². The van der Waals surface area contributed by atoms with Crippen LogP contribution in [-0.4, -0.2) is 19.1 Å². The van der Waals surface area contributed by atoms with Gasteiger partial charge >= 0.3 is 0 Å². The molecule has 2 aromatic carbocycles. The molecule has 114 valence electrons. The smallest absolute Gasteiger partial charge is 0.219 e. The Hall–Kier alpha value is -2.47. The van der Waals surface area contributed by atoms with Crippen LogP contribution < -0.4 is 10.1 Å². The van der Waals surface area contributed by atoms with E-state index < -0.39 is 0 Å². The van der Waals surface area contributed by atoms with Crippen LogP contribution in [0, 0.1) is 12.3 Å². The van der Waals surface area contributed by atoms with Crippen LogP contribution in [0.2, 0.25) is 0 Å². The fourth-order valence-electron chi connectivity index (χ4n) is 2.40. The van der Waals surface area contributed by atoms with Gasteiger partial charge in [0.25, 0.3) is 0 Å². The standard InChI is InChI=1S/C19H21NO2/c1-3-6-19(21)20-12-11-16-8-5-7-15-9-10-17(14-18(15)16)22-13-4-2/h2,5,7-10,14H,3,6,11-13H2,1H3,(H,20,21). The van der Waals surface area contributed by atoms with Gasteiger partial charge in [0.1, 0.15) is 12.4 Å². The molecular weight excluding hydrogens is 274 g/mol. The largest absolute Gasteiger partial charge is 0.481 e. The molecule has 0 spiro atoms. The molecule has 1 N–H and O–H groups in total. The number of hydrogen-bond donors (Lipinski definition) is 1. The van der Waals surface area contributed by atoms with E-state index >= 15 is 0 Å². The van der Waals surface area contributed by atoms with Gasteiger partial charge in [-0.2, -0.15) is 0 Å². The van der Waals surface area contributed by atoms with Gasteiger partial charge in [0.05, 0.1) is 0 Å². The monoisotopic (exact) mass is 295 g/mol. The predicted octanol–water partition coefficient (Wildman–Crippen LogP) is 3.31. The van der Waals surface area contributed by atoms with Crippen LogP contribution in [-0.2, 0) is 11.2 Å². The van der Waals surface area contributed by atoms with Gasteiger partial charge in [-0.3, -0.25) is 4.79 Å². The van der Waals surface area contributed by atoms with E-state index in [1.807, 2.05) is 31.2 Å². The average Bonchev–Trinajstić information content (AvgIpc) is 2.53. The molecule has 0 fully saturated rings. The summed E-state index contributed by atoms with van der Waals surface area (Å²) in [7, 11) is 0. The van der Waals surface area contributed by atoms with Crippen molar-refractivity contribution in [1.82, 2.24) is 5.32 Å². The first-order valence-corrected chi connectivity index (χ1v) is 7.59. The summed E-state index contributed by atoms with van der Waals surface area (Å²) in [5, 5.41) is 5.25. The van der Waals surface area contributed by atoms with Gasteiger partial charge in [0.2, 0.25) is 5.91 Å². The summed E-state index contributed by atoms with van der Waals surface area (Å²) < 4.78 is 5.49. The average molecular weight is 295 g/mol. The molecular formula is C19H21NO2. The molecule has 0 radical (unpaired) electrons. The minimum absolute atomic E-state index is 0.112. The van der Waals surface area contributed by atoms with Crippen LogP contribution in [0.1, 0.15) is 25.3 Å². The Morgan fingerprint density at radius 2 is 2.18 bits per heavy atom. The zero-order chi connectivity index (χ0) is 15.8. The maximum atomic E-state index is 11.5. The Kier molecular flexibility index (Phi) is 5.85. The number of ether oxygens (including phenoxy) is 1. The Morgan fingerprint density at radius 3 is 2.95 bits per heavy atom. The molecule has 0 saturated heterocycles. The number of amides is 1. The van der Waals surface area contributed by atoms with Crippen LogP contribution in [0.25, 0.3) is 10.8 Å². The van der Waals surface area contributed by atoms with E-state index in [-0.39, 0.29) is 12.5 Å². The highest BCUT2D eigenvalue weighted by molar-refractivity contribution is 5.87. The summed E-state index contributed by atoms with van der Waals surface area (Å²) in [5.41, 5.74) is 1.19. The zero-order valence-corrected chi connectivity index (χ0v) is 12.9. The van der Waals surface area contributed by atoms with Crippen LogP contribution in [0.3, 0.4) is 0 Å². The maximum absolute atomic E-state index is 11.5. The molecule has 3 nitrogen and oxygen atoms in total. The third-order valence-corrected chi connectivity index (χ3v) is 3.46. The number of hydrogen-bond acceptors (Lipinski definition) is 2. The van der Waals surface area contributed by atoms with Crippen molar-refractivity contribution in [3.05, 3.63) is 42.0 Å². The predicted molar refractivity (Wildman–Crippen MR) is 89.9 cm³/mol. The topological polar surface area (TPSA) is 38.3 Å². The summed E-state index contributed by atoms with van der Waals surface area (Å²) >= 11 is 0. The van der Waals surface area contributed by atoms with E-state index in [1.165, 1.54) is 5.56 Å². The molecule has 0 bridgehead atoms. The van der Waals surface area contributed by atoms with E-state index in [0.717, 1.165) is 29.4 Å². The lowest BCUT2D eigenvalue weighted by Crippen LogP contribution is -2.25. The SMILES string of the molecule is C#CCOc1ccc2cccc(CCNC(=O)CCC)c2c1. The zero-order valence-electron chi connectivity index (χ0n) is 12.9. The van der Waals surface area contributed by atoms with E-state index in [1.54, 1.807) is 0 Å². The third kappa shape index (κ3) is 4.26. The first kappa shape index (κ1) is 15.9.